The SMILES string of the molecule is C=CC(=O)N1CCCC(Oc2ccc(C(=C(CC(F)(F)F)c3ccccc3)c3ccc4n[nH]c(F)c4c3)cn2)C1. The highest BCUT2D eigenvalue weighted by Gasteiger charge is 2.32. The first-order valence-electron chi connectivity index (χ1n) is 12.8. The van der Waals surface area contributed by atoms with Crippen LogP contribution < -0.4 is 4.74 Å². The molecule has 206 valence electrons. The number of nitrogens with zero attached hydrogens (tertiary/aromatic N) is 3. The zero-order chi connectivity index (χ0) is 28.3. The number of piperidine rings is 1. The first-order valence-corrected chi connectivity index (χ1v) is 12.8. The number of allylic oxidation sites excluding steroid dienone is 1. The van der Waals surface area contributed by atoms with Crippen molar-refractivity contribution in [3.8, 4) is 5.88 Å². The third-order valence-corrected chi connectivity index (χ3v) is 6.77. The number of halogens is 4. The maximum Gasteiger partial charge on any atom is 0.393 e. The zero-order valence-corrected chi connectivity index (χ0v) is 21.4. The summed E-state index contributed by atoms with van der Waals surface area (Å²) in [5.41, 5.74) is 1.83. The van der Waals surface area contributed by atoms with Gasteiger partial charge in [-0.1, -0.05) is 43.0 Å². The summed E-state index contributed by atoms with van der Waals surface area (Å²) in [6.07, 6.45) is -1.77. The number of hydrogen-bond donors (Lipinski definition) is 1. The molecule has 0 spiro atoms. The van der Waals surface area contributed by atoms with Crippen LogP contribution in [0, 0.1) is 5.95 Å². The summed E-state index contributed by atoms with van der Waals surface area (Å²) in [6, 6.07) is 16.2. The van der Waals surface area contributed by atoms with Gasteiger partial charge in [-0.3, -0.25) is 9.89 Å². The topological polar surface area (TPSA) is 71.1 Å². The molecule has 6 nitrogen and oxygen atoms in total. The molecule has 1 aliphatic rings. The summed E-state index contributed by atoms with van der Waals surface area (Å²) in [5, 5.41) is 6.32. The van der Waals surface area contributed by atoms with Gasteiger partial charge in [-0.2, -0.15) is 22.7 Å². The molecule has 40 heavy (non-hydrogen) atoms. The molecule has 0 aliphatic carbocycles. The van der Waals surface area contributed by atoms with Gasteiger partial charge in [0, 0.05) is 24.4 Å². The Hall–Kier alpha value is -4.47. The van der Waals surface area contributed by atoms with Crippen LogP contribution in [0.15, 0.2) is 79.5 Å². The van der Waals surface area contributed by atoms with E-state index in [-0.39, 0.29) is 34.4 Å². The van der Waals surface area contributed by atoms with Crippen LogP contribution in [0.5, 0.6) is 5.88 Å². The number of amides is 1. The quantitative estimate of drug-likeness (QED) is 0.161. The van der Waals surface area contributed by atoms with E-state index in [0.717, 1.165) is 12.8 Å². The van der Waals surface area contributed by atoms with Gasteiger partial charge in [0.2, 0.25) is 17.7 Å². The van der Waals surface area contributed by atoms with Crippen molar-refractivity contribution >= 4 is 28.0 Å². The number of aromatic nitrogens is 3. The number of aromatic amines is 1. The van der Waals surface area contributed by atoms with Crippen molar-refractivity contribution in [3.05, 3.63) is 102 Å². The number of nitrogens with one attached hydrogen (secondary N) is 1. The largest absolute Gasteiger partial charge is 0.472 e. The molecule has 0 saturated carbocycles. The predicted molar refractivity (Wildman–Crippen MR) is 144 cm³/mol. The molecular formula is C30H26F4N4O2. The molecule has 2 aromatic carbocycles. The number of hydrogen-bond acceptors (Lipinski definition) is 4. The second kappa shape index (κ2) is 11.3. The average molecular weight is 551 g/mol. The Morgan fingerprint density at radius 2 is 1.88 bits per heavy atom. The maximum absolute atomic E-state index is 14.4. The number of pyridine rings is 1. The highest BCUT2D eigenvalue weighted by atomic mass is 19.4. The number of likely N-dealkylation sites (tertiary alicyclic amines) is 1. The van der Waals surface area contributed by atoms with Crippen LogP contribution in [0.25, 0.3) is 22.0 Å². The standard InChI is InChI=1S/C30H26F4N4O2/c1-2-27(39)38-14-6-9-22(18-38)40-26-13-11-21(17-35-26)28(20-10-12-25-23(15-20)29(31)37-36-25)24(16-30(32,33)34)19-7-4-3-5-8-19/h2-5,7-8,10-13,15,17,22H,1,6,9,14,16,18H2,(H,36,37). The van der Waals surface area contributed by atoms with Gasteiger partial charge in [-0.05, 0) is 59.4 Å². The third-order valence-electron chi connectivity index (χ3n) is 6.77. The van der Waals surface area contributed by atoms with Crippen LogP contribution in [-0.4, -0.2) is 51.4 Å². The molecule has 4 aromatic rings. The third kappa shape index (κ3) is 6.06. The number of rotatable bonds is 7. The fourth-order valence-electron chi connectivity index (χ4n) is 4.96. The van der Waals surface area contributed by atoms with E-state index in [9.17, 15) is 22.4 Å². The molecular weight excluding hydrogens is 524 g/mol. The molecule has 2 aromatic heterocycles. The number of benzene rings is 2. The molecule has 1 saturated heterocycles. The lowest BCUT2D eigenvalue weighted by Gasteiger charge is -2.32. The Morgan fingerprint density at radius 3 is 2.58 bits per heavy atom. The fraction of sp³-hybridized carbons (Fsp3) is 0.233. The Bertz CT molecular complexity index is 1550. The molecule has 1 fully saturated rings. The smallest absolute Gasteiger partial charge is 0.393 e. The van der Waals surface area contributed by atoms with Crippen LogP contribution in [0.1, 0.15) is 36.0 Å². The van der Waals surface area contributed by atoms with Crippen molar-refractivity contribution in [1.82, 2.24) is 20.1 Å². The van der Waals surface area contributed by atoms with Crippen molar-refractivity contribution in [2.24, 2.45) is 0 Å². The summed E-state index contributed by atoms with van der Waals surface area (Å²) in [4.78, 5) is 18.1. The van der Waals surface area contributed by atoms with E-state index in [1.807, 2.05) is 0 Å². The molecule has 10 heteroatoms. The normalized spacial score (nSPS) is 16.5. The molecule has 5 rings (SSSR count). The lowest BCUT2D eigenvalue weighted by Crippen LogP contribution is -2.43. The van der Waals surface area contributed by atoms with Crippen LogP contribution in [0.2, 0.25) is 0 Å². The Balaban J connectivity index is 1.56. The zero-order valence-electron chi connectivity index (χ0n) is 21.4. The van der Waals surface area contributed by atoms with E-state index in [0.29, 0.717) is 35.3 Å². The lowest BCUT2D eigenvalue weighted by molar-refractivity contribution is -0.128. The average Bonchev–Trinajstić information content (AvgIpc) is 3.33. The molecule has 1 aliphatic heterocycles. The lowest BCUT2D eigenvalue weighted by atomic mass is 9.88. The van der Waals surface area contributed by atoms with Gasteiger partial charge in [-0.25, -0.2) is 4.98 Å². The summed E-state index contributed by atoms with van der Waals surface area (Å²) in [7, 11) is 0. The maximum atomic E-state index is 14.4. The first kappa shape index (κ1) is 27.1. The van der Waals surface area contributed by atoms with Crippen molar-refractivity contribution in [2.75, 3.05) is 13.1 Å². The van der Waals surface area contributed by atoms with Crippen LogP contribution in [0.4, 0.5) is 17.6 Å². The fourth-order valence-corrected chi connectivity index (χ4v) is 4.96. The summed E-state index contributed by atoms with van der Waals surface area (Å²) < 4.78 is 62.1. The number of carbonyl (C=O) groups excluding carboxylic acids is 1. The van der Waals surface area contributed by atoms with Gasteiger partial charge in [-0.15, -0.1) is 0 Å². The number of alkyl halides is 3. The number of H-pyrrole nitrogens is 1. The molecule has 1 unspecified atom stereocenters. The monoisotopic (exact) mass is 550 g/mol. The Labute approximate surface area is 228 Å². The van der Waals surface area contributed by atoms with Gasteiger partial charge in [0.05, 0.1) is 23.9 Å². The van der Waals surface area contributed by atoms with Gasteiger partial charge in [0.25, 0.3) is 0 Å². The highest BCUT2D eigenvalue weighted by Crippen LogP contribution is 2.40. The second-order valence-corrected chi connectivity index (χ2v) is 9.54. The molecule has 0 bridgehead atoms. The van der Waals surface area contributed by atoms with Crippen molar-refractivity contribution in [3.63, 3.8) is 0 Å². The summed E-state index contributed by atoms with van der Waals surface area (Å²) in [5.74, 6) is -0.559. The van der Waals surface area contributed by atoms with E-state index in [2.05, 4.69) is 21.8 Å². The van der Waals surface area contributed by atoms with Gasteiger partial charge in [0.1, 0.15) is 6.10 Å². The molecule has 0 radical (unpaired) electrons. The number of carbonyl (C=O) groups is 1. The predicted octanol–water partition coefficient (Wildman–Crippen LogP) is 6.56. The molecule has 3 heterocycles. The second-order valence-electron chi connectivity index (χ2n) is 9.54. The van der Waals surface area contributed by atoms with Crippen molar-refractivity contribution in [1.29, 1.82) is 0 Å². The minimum absolute atomic E-state index is 0.0256. The molecule has 1 N–H and O–H groups in total. The molecule has 1 atom stereocenters. The van der Waals surface area contributed by atoms with Crippen molar-refractivity contribution in [2.45, 2.75) is 31.5 Å². The first-order chi connectivity index (χ1) is 19.2. The minimum Gasteiger partial charge on any atom is -0.472 e. The van der Waals surface area contributed by atoms with Crippen LogP contribution in [0.3, 0.4) is 0 Å². The minimum atomic E-state index is -4.51. The summed E-state index contributed by atoms with van der Waals surface area (Å²) in [6.45, 7) is 4.54. The van der Waals surface area contributed by atoms with E-state index >= 15 is 0 Å². The van der Waals surface area contributed by atoms with Gasteiger partial charge < -0.3 is 9.64 Å². The molecule has 1 amide bonds. The van der Waals surface area contributed by atoms with E-state index in [1.165, 1.54) is 18.3 Å². The highest BCUT2D eigenvalue weighted by molar-refractivity contribution is 6.00. The van der Waals surface area contributed by atoms with E-state index in [4.69, 9.17) is 4.74 Å². The Morgan fingerprint density at radius 1 is 1.10 bits per heavy atom. The number of ether oxygens (including phenoxy) is 1. The van der Waals surface area contributed by atoms with Gasteiger partial charge in [0.15, 0.2) is 0 Å². The van der Waals surface area contributed by atoms with Gasteiger partial charge >= 0.3 is 6.18 Å². The van der Waals surface area contributed by atoms with Crippen LogP contribution in [-0.2, 0) is 4.79 Å². The van der Waals surface area contributed by atoms with E-state index in [1.54, 1.807) is 59.5 Å². The van der Waals surface area contributed by atoms with E-state index < -0.39 is 18.5 Å². The number of fused-ring (bicyclic) bond motifs is 1. The summed E-state index contributed by atoms with van der Waals surface area (Å²) >= 11 is 0. The van der Waals surface area contributed by atoms with Crippen molar-refractivity contribution < 1.29 is 27.1 Å². The van der Waals surface area contributed by atoms with Crippen LogP contribution >= 0.6 is 0 Å². The Kier molecular flexibility index (Phi) is 7.68.